The van der Waals surface area contributed by atoms with Gasteiger partial charge in [-0.2, -0.15) is 5.10 Å². The molecule has 4 rings (SSSR count). The first-order chi connectivity index (χ1) is 12.6. The van der Waals surface area contributed by atoms with Crippen molar-refractivity contribution in [3.05, 3.63) is 47.4 Å². The Kier molecular flexibility index (Phi) is 4.53. The minimum Gasteiger partial charge on any atom is -0.353 e. The maximum atomic E-state index is 12.9. The van der Waals surface area contributed by atoms with Gasteiger partial charge in [-0.1, -0.05) is 12.1 Å². The average molecular weight is 357 g/mol. The Morgan fingerprint density at radius 3 is 2.54 bits per heavy atom. The highest BCUT2D eigenvalue weighted by molar-refractivity contribution is 5.74. The summed E-state index contributed by atoms with van der Waals surface area (Å²) in [6, 6.07) is 8.31. The van der Waals surface area contributed by atoms with Crippen LogP contribution >= 0.6 is 0 Å². The van der Waals surface area contributed by atoms with E-state index in [0.29, 0.717) is 25.6 Å². The number of rotatable bonds is 4. The van der Waals surface area contributed by atoms with E-state index in [-0.39, 0.29) is 11.8 Å². The molecule has 0 radical (unpaired) electrons. The van der Waals surface area contributed by atoms with E-state index in [9.17, 15) is 9.18 Å². The van der Waals surface area contributed by atoms with Gasteiger partial charge in [0, 0.05) is 51.8 Å². The molecule has 1 saturated heterocycles. The number of piperazine rings is 1. The zero-order valence-corrected chi connectivity index (χ0v) is 15.0. The van der Waals surface area contributed by atoms with Crippen LogP contribution in [0.2, 0.25) is 0 Å². The van der Waals surface area contributed by atoms with E-state index in [0.717, 1.165) is 24.5 Å². The molecule has 6 nitrogen and oxygen atoms in total. The summed E-state index contributed by atoms with van der Waals surface area (Å²) in [7, 11) is 1.99. The molecular weight excluding hydrogens is 333 g/mol. The number of carbonyl (C=O) groups is 1. The molecule has 1 aliphatic carbocycles. The molecule has 0 spiro atoms. The third kappa shape index (κ3) is 3.66. The summed E-state index contributed by atoms with van der Waals surface area (Å²) in [4.78, 5) is 16.5. The van der Waals surface area contributed by atoms with E-state index in [2.05, 4.69) is 21.4 Å². The first kappa shape index (κ1) is 16.9. The molecule has 2 heterocycles. The standard InChI is InChI=1S/C19H24FN5O/c1-23-18(12-17(22-23)15-4-5-15)24-8-10-25(11-9-24)19(26)21-13-14-2-6-16(20)7-3-14/h2-3,6-7,12,15H,4-5,8-11,13H2,1H3,(H,21,26). The lowest BCUT2D eigenvalue weighted by atomic mass is 10.2. The molecule has 7 heteroatoms. The van der Waals surface area contributed by atoms with Crippen LogP contribution < -0.4 is 10.2 Å². The number of aromatic nitrogens is 2. The molecule has 1 aromatic carbocycles. The van der Waals surface area contributed by atoms with Crippen LogP contribution in [-0.4, -0.2) is 46.9 Å². The van der Waals surface area contributed by atoms with Crippen LogP contribution in [0.15, 0.2) is 30.3 Å². The second-order valence-electron chi connectivity index (χ2n) is 7.08. The van der Waals surface area contributed by atoms with Gasteiger partial charge in [0.1, 0.15) is 11.6 Å². The molecule has 2 aromatic rings. The molecule has 2 amide bonds. The highest BCUT2D eigenvalue weighted by Crippen LogP contribution is 2.40. The average Bonchev–Trinajstić information content (AvgIpc) is 3.43. The second-order valence-corrected chi connectivity index (χ2v) is 7.08. The molecule has 26 heavy (non-hydrogen) atoms. The number of carbonyl (C=O) groups excluding carboxylic acids is 1. The Labute approximate surface area is 152 Å². The summed E-state index contributed by atoms with van der Waals surface area (Å²) in [5.74, 6) is 1.52. The maximum absolute atomic E-state index is 12.9. The molecular formula is C19H24FN5O. The van der Waals surface area contributed by atoms with E-state index in [4.69, 9.17) is 0 Å². The third-order valence-electron chi connectivity index (χ3n) is 5.12. The van der Waals surface area contributed by atoms with Crippen LogP contribution in [0.3, 0.4) is 0 Å². The fourth-order valence-electron chi connectivity index (χ4n) is 3.38. The summed E-state index contributed by atoms with van der Waals surface area (Å²) < 4.78 is 14.9. The summed E-state index contributed by atoms with van der Waals surface area (Å²) in [6.45, 7) is 3.37. The van der Waals surface area contributed by atoms with Crippen molar-refractivity contribution >= 4 is 11.8 Å². The summed E-state index contributed by atoms with van der Waals surface area (Å²) in [5.41, 5.74) is 2.09. The van der Waals surface area contributed by atoms with Crippen LogP contribution in [0.4, 0.5) is 15.0 Å². The van der Waals surface area contributed by atoms with Gasteiger partial charge >= 0.3 is 6.03 Å². The van der Waals surface area contributed by atoms with Crippen LogP contribution in [-0.2, 0) is 13.6 Å². The number of hydrogen-bond donors (Lipinski definition) is 1. The summed E-state index contributed by atoms with van der Waals surface area (Å²) in [5, 5.41) is 7.54. The topological polar surface area (TPSA) is 53.4 Å². The van der Waals surface area contributed by atoms with Crippen molar-refractivity contribution in [3.8, 4) is 0 Å². The number of anilines is 1. The van der Waals surface area contributed by atoms with Gasteiger partial charge in [-0.15, -0.1) is 0 Å². The monoisotopic (exact) mass is 357 g/mol. The van der Waals surface area contributed by atoms with Crippen molar-refractivity contribution in [2.75, 3.05) is 31.1 Å². The highest BCUT2D eigenvalue weighted by Gasteiger charge is 2.29. The molecule has 1 saturated carbocycles. The van der Waals surface area contributed by atoms with Gasteiger partial charge in [-0.25, -0.2) is 9.18 Å². The zero-order chi connectivity index (χ0) is 18.1. The zero-order valence-electron chi connectivity index (χ0n) is 15.0. The number of aryl methyl sites for hydroxylation is 1. The van der Waals surface area contributed by atoms with Crippen molar-refractivity contribution in [2.24, 2.45) is 7.05 Å². The number of nitrogens with one attached hydrogen (secondary N) is 1. The molecule has 2 aliphatic rings. The molecule has 0 bridgehead atoms. The first-order valence-corrected chi connectivity index (χ1v) is 9.16. The number of benzene rings is 1. The fraction of sp³-hybridized carbons (Fsp3) is 0.474. The minimum absolute atomic E-state index is 0.0716. The quantitative estimate of drug-likeness (QED) is 0.915. The van der Waals surface area contributed by atoms with Crippen LogP contribution in [0.1, 0.15) is 30.0 Å². The van der Waals surface area contributed by atoms with E-state index in [1.54, 1.807) is 12.1 Å². The van der Waals surface area contributed by atoms with Gasteiger partial charge < -0.3 is 15.1 Å². The molecule has 1 aliphatic heterocycles. The lowest BCUT2D eigenvalue weighted by molar-refractivity contribution is 0.193. The van der Waals surface area contributed by atoms with Gasteiger partial charge in [0.05, 0.1) is 5.69 Å². The molecule has 1 N–H and O–H groups in total. The predicted molar refractivity (Wildman–Crippen MR) is 97.6 cm³/mol. The lowest BCUT2D eigenvalue weighted by Crippen LogP contribution is -2.52. The van der Waals surface area contributed by atoms with E-state index < -0.39 is 0 Å². The van der Waals surface area contributed by atoms with Crippen molar-refractivity contribution in [1.82, 2.24) is 20.0 Å². The van der Waals surface area contributed by atoms with Crippen LogP contribution in [0.25, 0.3) is 0 Å². The third-order valence-corrected chi connectivity index (χ3v) is 5.12. The summed E-state index contributed by atoms with van der Waals surface area (Å²) in [6.07, 6.45) is 2.50. The molecule has 1 aromatic heterocycles. The Bertz CT molecular complexity index is 776. The normalized spacial score (nSPS) is 17.5. The largest absolute Gasteiger partial charge is 0.353 e. The van der Waals surface area contributed by atoms with Crippen LogP contribution in [0.5, 0.6) is 0 Å². The molecule has 0 atom stereocenters. The predicted octanol–water partition coefficient (Wildman–Crippen LogP) is 2.47. The van der Waals surface area contributed by atoms with Gasteiger partial charge in [-0.3, -0.25) is 4.68 Å². The van der Waals surface area contributed by atoms with Crippen molar-refractivity contribution in [2.45, 2.75) is 25.3 Å². The molecule has 2 fully saturated rings. The fourth-order valence-corrected chi connectivity index (χ4v) is 3.38. The first-order valence-electron chi connectivity index (χ1n) is 9.16. The van der Waals surface area contributed by atoms with E-state index >= 15 is 0 Å². The maximum Gasteiger partial charge on any atom is 0.317 e. The number of urea groups is 1. The van der Waals surface area contributed by atoms with E-state index in [1.807, 2.05) is 16.6 Å². The van der Waals surface area contributed by atoms with Crippen molar-refractivity contribution in [1.29, 1.82) is 0 Å². The smallest absolute Gasteiger partial charge is 0.317 e. The van der Waals surface area contributed by atoms with Gasteiger partial charge in [0.2, 0.25) is 0 Å². The number of nitrogens with zero attached hydrogens (tertiary/aromatic N) is 4. The number of hydrogen-bond acceptors (Lipinski definition) is 3. The van der Waals surface area contributed by atoms with Gasteiger partial charge in [0.15, 0.2) is 0 Å². The van der Waals surface area contributed by atoms with E-state index in [1.165, 1.54) is 30.7 Å². The SMILES string of the molecule is Cn1nc(C2CC2)cc1N1CCN(C(=O)NCc2ccc(F)cc2)CC1. The highest BCUT2D eigenvalue weighted by atomic mass is 19.1. The second kappa shape index (κ2) is 6.97. The lowest BCUT2D eigenvalue weighted by Gasteiger charge is -2.35. The Hall–Kier alpha value is -2.57. The molecule has 0 unspecified atom stereocenters. The van der Waals surface area contributed by atoms with Gasteiger partial charge in [0.25, 0.3) is 0 Å². The summed E-state index contributed by atoms with van der Waals surface area (Å²) >= 11 is 0. The molecule has 138 valence electrons. The minimum atomic E-state index is -0.267. The van der Waals surface area contributed by atoms with Crippen molar-refractivity contribution < 1.29 is 9.18 Å². The number of amides is 2. The van der Waals surface area contributed by atoms with Crippen molar-refractivity contribution in [3.63, 3.8) is 0 Å². The number of halogens is 1. The van der Waals surface area contributed by atoms with Crippen LogP contribution in [0, 0.1) is 5.82 Å². The Morgan fingerprint density at radius 1 is 1.19 bits per heavy atom. The Morgan fingerprint density at radius 2 is 1.88 bits per heavy atom. The Balaban J connectivity index is 1.28. The van der Waals surface area contributed by atoms with Gasteiger partial charge in [-0.05, 0) is 30.5 Å².